The van der Waals surface area contributed by atoms with Crippen molar-refractivity contribution < 1.29 is 13.2 Å². The fourth-order valence-corrected chi connectivity index (χ4v) is 6.44. The normalized spacial score (nSPS) is 15.1. The van der Waals surface area contributed by atoms with Crippen molar-refractivity contribution in [3.05, 3.63) is 63.5 Å². The van der Waals surface area contributed by atoms with E-state index in [1.165, 1.54) is 23.1 Å². The van der Waals surface area contributed by atoms with Crippen LogP contribution in [-0.4, -0.2) is 55.3 Å². The van der Waals surface area contributed by atoms with Gasteiger partial charge in [0, 0.05) is 42.3 Å². The molecule has 0 radical (unpaired) electrons. The van der Waals surface area contributed by atoms with E-state index in [-0.39, 0.29) is 11.9 Å². The Bertz CT molecular complexity index is 1310. The first-order valence-corrected chi connectivity index (χ1v) is 15.8. The molecule has 1 fully saturated rings. The summed E-state index contributed by atoms with van der Waals surface area (Å²) in [5.41, 5.74) is 3.31. The number of aromatic nitrogens is 1. The average molecular weight is 586 g/mol. The highest BCUT2D eigenvalue weighted by atomic mass is 35.5. The Labute approximate surface area is 229 Å². The smallest absolute Gasteiger partial charge is 0.230 e. The summed E-state index contributed by atoms with van der Waals surface area (Å²) in [5.74, 6) is 0.323. The van der Waals surface area contributed by atoms with Crippen LogP contribution in [0, 0.1) is 0 Å². The molecule has 1 aliphatic rings. The van der Waals surface area contributed by atoms with Crippen LogP contribution in [0.25, 0.3) is 11.3 Å². The van der Waals surface area contributed by atoms with Crippen molar-refractivity contribution in [2.45, 2.75) is 29.8 Å². The zero-order valence-corrected chi connectivity index (χ0v) is 23.5. The zero-order valence-electron chi connectivity index (χ0n) is 19.5. The first-order valence-electron chi connectivity index (χ1n) is 11.3. The second kappa shape index (κ2) is 12.1. The summed E-state index contributed by atoms with van der Waals surface area (Å²) >= 11 is 15.0. The summed E-state index contributed by atoms with van der Waals surface area (Å²) < 4.78 is 25.9. The number of likely N-dealkylation sites (tertiary alicyclic amines) is 1. The first-order chi connectivity index (χ1) is 17.1. The van der Waals surface area contributed by atoms with Crippen LogP contribution in [-0.2, 0) is 21.4 Å². The Morgan fingerprint density at radius 3 is 2.53 bits per heavy atom. The molecule has 0 atom stereocenters. The van der Waals surface area contributed by atoms with Gasteiger partial charge in [0.25, 0.3) is 0 Å². The predicted octanol–water partition coefficient (Wildman–Crippen LogP) is 5.36. The van der Waals surface area contributed by atoms with E-state index < -0.39 is 10.0 Å². The van der Waals surface area contributed by atoms with Gasteiger partial charge in [0.15, 0.2) is 4.34 Å². The molecular formula is C24H26Cl2N4O3S3. The molecule has 4 rings (SSSR count). The first kappa shape index (κ1) is 27.2. The van der Waals surface area contributed by atoms with Crippen LogP contribution in [0.4, 0.5) is 5.69 Å². The highest BCUT2D eigenvalue weighted by Crippen LogP contribution is 2.29. The third-order valence-corrected chi connectivity index (χ3v) is 9.00. The van der Waals surface area contributed by atoms with Crippen LogP contribution in [0.1, 0.15) is 18.4 Å². The maximum absolute atomic E-state index is 12.5. The molecule has 2 N–H and O–H groups in total. The number of sulfonamides is 1. The molecule has 2 heterocycles. The van der Waals surface area contributed by atoms with E-state index in [9.17, 15) is 13.2 Å². The molecule has 0 saturated carbocycles. The van der Waals surface area contributed by atoms with Gasteiger partial charge >= 0.3 is 0 Å². The van der Waals surface area contributed by atoms with E-state index in [0.29, 0.717) is 21.5 Å². The quantitative estimate of drug-likeness (QED) is 0.329. The predicted molar refractivity (Wildman–Crippen MR) is 150 cm³/mol. The van der Waals surface area contributed by atoms with Crippen LogP contribution >= 0.6 is 46.3 Å². The van der Waals surface area contributed by atoms with Gasteiger partial charge < -0.3 is 5.32 Å². The number of piperidine rings is 1. The lowest BCUT2D eigenvalue weighted by Gasteiger charge is -2.32. The molecule has 0 aliphatic carbocycles. The number of nitrogens with one attached hydrogen (secondary N) is 2. The summed E-state index contributed by atoms with van der Waals surface area (Å²) in [5, 5.41) is 6.21. The Hall–Kier alpha value is -1.82. The Morgan fingerprint density at radius 1 is 1.14 bits per heavy atom. The fourth-order valence-electron chi connectivity index (χ4n) is 3.91. The van der Waals surface area contributed by atoms with Gasteiger partial charge in [0.05, 0.1) is 27.7 Å². The van der Waals surface area contributed by atoms with E-state index in [1.54, 1.807) is 12.1 Å². The Balaban J connectivity index is 1.20. The van der Waals surface area contributed by atoms with E-state index in [4.69, 9.17) is 23.2 Å². The van der Waals surface area contributed by atoms with Gasteiger partial charge in [-0.05, 0) is 42.7 Å². The van der Waals surface area contributed by atoms with Crippen LogP contribution in [0.15, 0.2) is 52.2 Å². The SMILES string of the molecule is CS(=O)(=O)Nc1ccc(-c2csc(SCC(=O)NC3CCN(Cc4ccc(Cl)c(Cl)c4)CC3)n2)cc1. The number of nitrogens with zero attached hydrogens (tertiary/aromatic N) is 2. The van der Waals surface area contributed by atoms with Crippen LogP contribution in [0.5, 0.6) is 0 Å². The lowest BCUT2D eigenvalue weighted by molar-refractivity contribution is -0.119. The summed E-state index contributed by atoms with van der Waals surface area (Å²) in [7, 11) is -3.31. The molecule has 1 aliphatic heterocycles. The van der Waals surface area contributed by atoms with Crippen molar-refractivity contribution in [3.63, 3.8) is 0 Å². The molecule has 36 heavy (non-hydrogen) atoms. The second-order valence-electron chi connectivity index (χ2n) is 8.61. The number of anilines is 1. The number of thioether (sulfide) groups is 1. The molecule has 0 spiro atoms. The van der Waals surface area contributed by atoms with Gasteiger partial charge in [-0.3, -0.25) is 14.4 Å². The monoisotopic (exact) mass is 584 g/mol. The summed E-state index contributed by atoms with van der Waals surface area (Å²) in [6.07, 6.45) is 2.93. The van der Waals surface area contributed by atoms with Gasteiger partial charge in [-0.15, -0.1) is 11.3 Å². The average Bonchev–Trinajstić information content (AvgIpc) is 3.30. The zero-order chi connectivity index (χ0) is 25.7. The number of halogens is 2. The molecule has 12 heteroatoms. The van der Waals surface area contributed by atoms with Gasteiger partial charge in [-0.25, -0.2) is 13.4 Å². The van der Waals surface area contributed by atoms with E-state index in [1.807, 2.05) is 35.7 Å². The second-order valence-corrected chi connectivity index (χ2v) is 13.2. The topological polar surface area (TPSA) is 91.4 Å². The fraction of sp³-hybridized carbons (Fsp3) is 0.333. The number of benzene rings is 2. The number of thiazole rings is 1. The van der Waals surface area contributed by atoms with E-state index in [2.05, 4.69) is 19.9 Å². The van der Waals surface area contributed by atoms with Crippen LogP contribution in [0.2, 0.25) is 10.0 Å². The summed E-state index contributed by atoms with van der Waals surface area (Å²) in [6, 6.07) is 12.9. The molecule has 1 saturated heterocycles. The highest BCUT2D eigenvalue weighted by molar-refractivity contribution is 8.01. The van der Waals surface area contributed by atoms with Crippen molar-refractivity contribution in [2.24, 2.45) is 0 Å². The lowest BCUT2D eigenvalue weighted by Crippen LogP contribution is -2.44. The highest BCUT2D eigenvalue weighted by Gasteiger charge is 2.21. The molecule has 0 bridgehead atoms. The number of carbonyl (C=O) groups is 1. The molecule has 0 unspecified atom stereocenters. The van der Waals surface area contributed by atoms with Crippen molar-refractivity contribution in [1.29, 1.82) is 0 Å². The molecular weight excluding hydrogens is 559 g/mol. The minimum absolute atomic E-state index is 0.0101. The summed E-state index contributed by atoms with van der Waals surface area (Å²) in [6.45, 7) is 2.63. The molecule has 1 aromatic heterocycles. The minimum Gasteiger partial charge on any atom is -0.353 e. The Morgan fingerprint density at radius 2 is 1.86 bits per heavy atom. The standard InChI is InChI=1S/C24H26Cl2N4O3S3/c1-36(32,33)29-19-5-3-17(4-6-19)22-14-34-24(28-22)35-15-23(31)27-18-8-10-30(11-9-18)13-16-2-7-20(25)21(26)12-16/h2-7,12,14,18,29H,8-11,13,15H2,1H3,(H,27,31). The molecule has 1 amide bonds. The maximum Gasteiger partial charge on any atom is 0.230 e. The van der Waals surface area contributed by atoms with Crippen molar-refractivity contribution in [2.75, 3.05) is 29.8 Å². The van der Waals surface area contributed by atoms with Crippen LogP contribution < -0.4 is 10.0 Å². The molecule has 192 valence electrons. The lowest BCUT2D eigenvalue weighted by atomic mass is 10.0. The molecule has 2 aromatic carbocycles. The van der Waals surface area contributed by atoms with Crippen molar-refractivity contribution in [1.82, 2.24) is 15.2 Å². The summed E-state index contributed by atoms with van der Waals surface area (Å²) in [4.78, 5) is 19.5. The number of hydrogen-bond donors (Lipinski definition) is 2. The number of rotatable bonds is 9. The van der Waals surface area contributed by atoms with E-state index >= 15 is 0 Å². The Kier molecular flexibility index (Phi) is 9.19. The minimum atomic E-state index is -3.31. The third-order valence-electron chi connectivity index (χ3n) is 5.64. The van der Waals surface area contributed by atoms with Gasteiger partial charge in [0.1, 0.15) is 0 Å². The van der Waals surface area contributed by atoms with Crippen LogP contribution in [0.3, 0.4) is 0 Å². The number of hydrogen-bond acceptors (Lipinski definition) is 7. The van der Waals surface area contributed by atoms with Gasteiger partial charge in [0.2, 0.25) is 15.9 Å². The third kappa shape index (κ3) is 8.09. The number of carbonyl (C=O) groups excluding carboxylic acids is 1. The van der Waals surface area contributed by atoms with Crippen molar-refractivity contribution in [3.8, 4) is 11.3 Å². The van der Waals surface area contributed by atoms with E-state index in [0.717, 1.165) is 59.9 Å². The van der Waals surface area contributed by atoms with Gasteiger partial charge in [-0.1, -0.05) is 53.2 Å². The number of amides is 1. The van der Waals surface area contributed by atoms with Crippen molar-refractivity contribution >= 4 is 67.9 Å². The largest absolute Gasteiger partial charge is 0.353 e. The molecule has 3 aromatic rings. The maximum atomic E-state index is 12.5. The molecule has 7 nitrogen and oxygen atoms in total. The van der Waals surface area contributed by atoms with Gasteiger partial charge in [-0.2, -0.15) is 0 Å².